The van der Waals surface area contributed by atoms with Gasteiger partial charge in [0.1, 0.15) is 0 Å². The van der Waals surface area contributed by atoms with Crippen molar-refractivity contribution in [2.45, 2.75) is 12.7 Å². The van der Waals surface area contributed by atoms with E-state index in [0.29, 0.717) is 24.7 Å². The Morgan fingerprint density at radius 2 is 1.83 bits per heavy atom. The molecule has 1 aromatic carbocycles. The normalized spacial score (nSPS) is 12.0. The van der Waals surface area contributed by atoms with E-state index >= 15 is 0 Å². The lowest BCUT2D eigenvalue weighted by molar-refractivity contribution is -0.137. The van der Waals surface area contributed by atoms with E-state index in [4.69, 9.17) is 4.74 Å². The summed E-state index contributed by atoms with van der Waals surface area (Å²) in [6, 6.07) is 4.83. The molecule has 24 heavy (non-hydrogen) atoms. The molecule has 0 saturated heterocycles. The standard InChI is InChI=1S/C15H21F3N4O2/c1-19-14(22-10-13(23)20-7-8-24-2)21-9-11-3-5-12(6-4-11)15(16,17)18/h3-6H,7-10H2,1-2H3,(H,20,23)(H2,19,21,22). The van der Waals surface area contributed by atoms with Crippen LogP contribution in [-0.2, 0) is 22.3 Å². The first-order chi connectivity index (χ1) is 11.4. The summed E-state index contributed by atoms with van der Waals surface area (Å²) in [4.78, 5) is 15.5. The minimum absolute atomic E-state index is 0.0242. The second-order valence-electron chi connectivity index (χ2n) is 4.82. The van der Waals surface area contributed by atoms with Crippen LogP contribution in [0, 0.1) is 0 Å². The minimum atomic E-state index is -4.35. The summed E-state index contributed by atoms with van der Waals surface area (Å²) < 4.78 is 42.3. The number of carbonyl (C=O) groups is 1. The third-order valence-electron chi connectivity index (χ3n) is 3.01. The second-order valence-corrected chi connectivity index (χ2v) is 4.82. The summed E-state index contributed by atoms with van der Waals surface area (Å²) in [5, 5.41) is 8.37. The van der Waals surface area contributed by atoms with Crippen LogP contribution < -0.4 is 16.0 Å². The van der Waals surface area contributed by atoms with Crippen molar-refractivity contribution in [2.24, 2.45) is 4.99 Å². The molecule has 3 N–H and O–H groups in total. The molecule has 0 fully saturated rings. The molecule has 0 aliphatic carbocycles. The molecule has 0 aliphatic rings. The van der Waals surface area contributed by atoms with Crippen LogP contribution in [0.3, 0.4) is 0 Å². The number of nitrogens with one attached hydrogen (secondary N) is 3. The predicted molar refractivity (Wildman–Crippen MR) is 84.5 cm³/mol. The van der Waals surface area contributed by atoms with Crippen molar-refractivity contribution < 1.29 is 22.7 Å². The fourth-order valence-corrected chi connectivity index (χ4v) is 1.74. The van der Waals surface area contributed by atoms with E-state index < -0.39 is 11.7 Å². The van der Waals surface area contributed by atoms with E-state index in [2.05, 4.69) is 20.9 Å². The molecule has 6 nitrogen and oxygen atoms in total. The van der Waals surface area contributed by atoms with Gasteiger partial charge >= 0.3 is 6.18 Å². The maximum atomic E-state index is 12.5. The number of benzene rings is 1. The SMILES string of the molecule is CN=C(NCC(=O)NCCOC)NCc1ccc(C(F)(F)F)cc1. The molecule has 0 spiro atoms. The first-order valence-corrected chi connectivity index (χ1v) is 7.23. The average Bonchev–Trinajstić information content (AvgIpc) is 2.55. The van der Waals surface area contributed by atoms with Crippen molar-refractivity contribution in [3.63, 3.8) is 0 Å². The van der Waals surface area contributed by atoms with Crippen LogP contribution in [0.1, 0.15) is 11.1 Å². The Kier molecular flexibility index (Phi) is 8.03. The summed E-state index contributed by atoms with van der Waals surface area (Å²) in [7, 11) is 3.07. The lowest BCUT2D eigenvalue weighted by Crippen LogP contribution is -2.43. The van der Waals surface area contributed by atoms with Gasteiger partial charge in [-0.15, -0.1) is 0 Å². The van der Waals surface area contributed by atoms with Crippen molar-refractivity contribution in [2.75, 3.05) is 33.9 Å². The maximum absolute atomic E-state index is 12.5. The van der Waals surface area contributed by atoms with Crippen LogP contribution in [-0.4, -0.2) is 45.7 Å². The van der Waals surface area contributed by atoms with Crippen molar-refractivity contribution in [1.29, 1.82) is 0 Å². The van der Waals surface area contributed by atoms with Crippen LogP contribution in [0.4, 0.5) is 13.2 Å². The Balaban J connectivity index is 2.40. The highest BCUT2D eigenvalue weighted by Gasteiger charge is 2.29. The van der Waals surface area contributed by atoms with Crippen LogP contribution in [0.15, 0.2) is 29.3 Å². The van der Waals surface area contributed by atoms with Crippen molar-refractivity contribution >= 4 is 11.9 Å². The number of methoxy groups -OCH3 is 1. The fourth-order valence-electron chi connectivity index (χ4n) is 1.74. The summed E-state index contributed by atoms with van der Waals surface area (Å²) >= 11 is 0. The van der Waals surface area contributed by atoms with Crippen LogP contribution in [0.5, 0.6) is 0 Å². The number of hydrogen-bond donors (Lipinski definition) is 3. The van der Waals surface area contributed by atoms with Crippen LogP contribution in [0.25, 0.3) is 0 Å². The molecule has 1 aromatic rings. The molecule has 0 unspecified atom stereocenters. The third-order valence-corrected chi connectivity index (χ3v) is 3.01. The predicted octanol–water partition coefficient (Wildman–Crippen LogP) is 1.13. The first kappa shape index (κ1) is 19.8. The molecule has 0 radical (unpaired) electrons. The molecule has 0 aliphatic heterocycles. The third kappa shape index (κ3) is 7.32. The number of guanidine groups is 1. The zero-order valence-corrected chi connectivity index (χ0v) is 13.5. The quantitative estimate of drug-likeness (QED) is 0.393. The zero-order valence-electron chi connectivity index (χ0n) is 13.5. The number of ether oxygens (including phenoxy) is 1. The lowest BCUT2D eigenvalue weighted by atomic mass is 10.1. The molecule has 0 atom stereocenters. The second kappa shape index (κ2) is 9.76. The number of halogens is 3. The Morgan fingerprint density at radius 1 is 1.17 bits per heavy atom. The minimum Gasteiger partial charge on any atom is -0.383 e. The van der Waals surface area contributed by atoms with Gasteiger partial charge in [-0.3, -0.25) is 9.79 Å². The average molecular weight is 346 g/mol. The Hall–Kier alpha value is -2.29. The van der Waals surface area contributed by atoms with Gasteiger partial charge in [0.25, 0.3) is 0 Å². The smallest absolute Gasteiger partial charge is 0.383 e. The summed E-state index contributed by atoms with van der Waals surface area (Å²) in [5.74, 6) is 0.154. The Morgan fingerprint density at radius 3 is 2.38 bits per heavy atom. The number of alkyl halides is 3. The summed E-state index contributed by atoms with van der Waals surface area (Å²) in [5.41, 5.74) is -0.0306. The van der Waals surface area contributed by atoms with E-state index in [9.17, 15) is 18.0 Å². The zero-order chi connectivity index (χ0) is 18.0. The molecule has 1 amide bonds. The van der Waals surface area contributed by atoms with Gasteiger partial charge in [-0.2, -0.15) is 13.2 Å². The summed E-state index contributed by atoms with van der Waals surface area (Å²) in [6.45, 7) is 1.14. The van der Waals surface area contributed by atoms with Crippen molar-refractivity contribution in [3.8, 4) is 0 Å². The molecule has 0 heterocycles. The molecular formula is C15H21F3N4O2. The van der Waals surface area contributed by atoms with Gasteiger partial charge in [-0.1, -0.05) is 12.1 Å². The maximum Gasteiger partial charge on any atom is 0.416 e. The molecule has 1 rings (SSSR count). The number of amides is 1. The van der Waals surface area contributed by atoms with Gasteiger partial charge in [0.2, 0.25) is 5.91 Å². The van der Waals surface area contributed by atoms with Crippen LogP contribution in [0.2, 0.25) is 0 Å². The van der Waals surface area contributed by atoms with Gasteiger partial charge < -0.3 is 20.7 Å². The fraction of sp³-hybridized carbons (Fsp3) is 0.467. The largest absolute Gasteiger partial charge is 0.416 e. The monoisotopic (exact) mass is 346 g/mol. The number of nitrogens with zero attached hydrogens (tertiary/aromatic N) is 1. The molecule has 0 saturated carbocycles. The van der Waals surface area contributed by atoms with Crippen molar-refractivity contribution in [3.05, 3.63) is 35.4 Å². The number of carbonyl (C=O) groups excluding carboxylic acids is 1. The Bertz CT molecular complexity index is 545. The number of rotatable bonds is 7. The van der Waals surface area contributed by atoms with Gasteiger partial charge in [-0.25, -0.2) is 0 Å². The van der Waals surface area contributed by atoms with E-state index in [1.165, 1.54) is 26.3 Å². The highest BCUT2D eigenvalue weighted by molar-refractivity contribution is 5.86. The van der Waals surface area contributed by atoms with Crippen molar-refractivity contribution in [1.82, 2.24) is 16.0 Å². The number of hydrogen-bond acceptors (Lipinski definition) is 3. The van der Waals surface area contributed by atoms with Crippen LogP contribution >= 0.6 is 0 Å². The molecule has 0 aromatic heterocycles. The molecule has 134 valence electrons. The topological polar surface area (TPSA) is 74.8 Å². The van der Waals surface area contributed by atoms with Gasteiger partial charge in [0.15, 0.2) is 5.96 Å². The molecule has 9 heteroatoms. The Labute approximate surface area is 138 Å². The highest BCUT2D eigenvalue weighted by Crippen LogP contribution is 2.28. The summed E-state index contributed by atoms with van der Waals surface area (Å²) in [6.07, 6.45) is -4.35. The lowest BCUT2D eigenvalue weighted by Gasteiger charge is -2.12. The van der Waals surface area contributed by atoms with E-state index in [1.54, 1.807) is 0 Å². The van der Waals surface area contributed by atoms with Gasteiger partial charge in [0.05, 0.1) is 18.7 Å². The first-order valence-electron chi connectivity index (χ1n) is 7.23. The van der Waals surface area contributed by atoms with E-state index in [-0.39, 0.29) is 19.0 Å². The number of aliphatic imine (C=N–C) groups is 1. The van der Waals surface area contributed by atoms with E-state index in [0.717, 1.165) is 12.1 Å². The van der Waals surface area contributed by atoms with Gasteiger partial charge in [0, 0.05) is 27.2 Å². The van der Waals surface area contributed by atoms with E-state index in [1.807, 2.05) is 0 Å². The molecule has 0 bridgehead atoms. The van der Waals surface area contributed by atoms with Gasteiger partial charge in [-0.05, 0) is 17.7 Å². The molecular weight excluding hydrogens is 325 g/mol. The highest BCUT2D eigenvalue weighted by atomic mass is 19.4.